The van der Waals surface area contributed by atoms with Gasteiger partial charge in [-0.25, -0.2) is 23.1 Å². The van der Waals surface area contributed by atoms with Crippen LogP contribution >= 0.6 is 0 Å². The molecule has 0 aliphatic rings. The van der Waals surface area contributed by atoms with Gasteiger partial charge in [0.15, 0.2) is 11.6 Å². The smallest absolute Gasteiger partial charge is 0.182 e. The molecule has 0 fully saturated rings. The lowest BCUT2D eigenvalue weighted by Crippen LogP contribution is -2.05. The van der Waals surface area contributed by atoms with Crippen molar-refractivity contribution in [2.75, 3.05) is 17.2 Å². The highest BCUT2D eigenvalue weighted by Gasteiger charge is 2.12. The fourth-order valence-electron chi connectivity index (χ4n) is 1.69. The zero-order valence-corrected chi connectivity index (χ0v) is 11.0. The standard InChI is InChI=1S/C13H13F3N4/c1-3-17-11-6-12(19-7(2)18-11)20-10-5-8(14)4-9(15)13(10)16/h4-6H,3H2,1-2H3,(H2,17,18,19,20). The number of nitrogens with one attached hydrogen (secondary N) is 2. The third-order valence-corrected chi connectivity index (χ3v) is 2.45. The van der Waals surface area contributed by atoms with E-state index in [1.54, 1.807) is 6.92 Å². The van der Waals surface area contributed by atoms with Crippen molar-refractivity contribution in [3.8, 4) is 0 Å². The summed E-state index contributed by atoms with van der Waals surface area (Å²) in [6.07, 6.45) is 0. The topological polar surface area (TPSA) is 49.8 Å². The van der Waals surface area contributed by atoms with Gasteiger partial charge in [0, 0.05) is 24.7 Å². The number of nitrogens with zero attached hydrogens (tertiary/aromatic N) is 2. The van der Waals surface area contributed by atoms with Crippen molar-refractivity contribution in [3.05, 3.63) is 41.5 Å². The molecule has 0 aliphatic heterocycles. The average molecular weight is 282 g/mol. The highest BCUT2D eigenvalue weighted by Crippen LogP contribution is 2.23. The maximum absolute atomic E-state index is 13.6. The first-order valence-corrected chi connectivity index (χ1v) is 6.00. The van der Waals surface area contributed by atoms with E-state index in [4.69, 9.17) is 0 Å². The van der Waals surface area contributed by atoms with E-state index in [-0.39, 0.29) is 11.5 Å². The molecular weight excluding hydrogens is 269 g/mol. The number of halogens is 3. The normalized spacial score (nSPS) is 10.4. The first-order chi connectivity index (χ1) is 9.49. The maximum atomic E-state index is 13.6. The Morgan fingerprint density at radius 1 is 1.05 bits per heavy atom. The van der Waals surface area contributed by atoms with Crippen LogP contribution < -0.4 is 10.6 Å². The van der Waals surface area contributed by atoms with E-state index in [0.717, 1.165) is 6.07 Å². The van der Waals surface area contributed by atoms with Gasteiger partial charge in [0.2, 0.25) is 0 Å². The molecule has 0 saturated carbocycles. The number of benzene rings is 1. The summed E-state index contributed by atoms with van der Waals surface area (Å²) < 4.78 is 39.8. The fraction of sp³-hybridized carbons (Fsp3) is 0.231. The first kappa shape index (κ1) is 14.1. The molecule has 4 nitrogen and oxygen atoms in total. The highest BCUT2D eigenvalue weighted by molar-refractivity contribution is 5.60. The van der Waals surface area contributed by atoms with Crippen molar-refractivity contribution in [2.45, 2.75) is 13.8 Å². The zero-order chi connectivity index (χ0) is 14.7. The molecule has 0 saturated heterocycles. The average Bonchev–Trinajstić information content (AvgIpc) is 2.35. The second kappa shape index (κ2) is 5.77. The number of hydrogen-bond acceptors (Lipinski definition) is 4. The number of anilines is 3. The number of aryl methyl sites for hydroxylation is 1. The van der Waals surface area contributed by atoms with Gasteiger partial charge in [-0.05, 0) is 13.8 Å². The van der Waals surface area contributed by atoms with E-state index >= 15 is 0 Å². The summed E-state index contributed by atoms with van der Waals surface area (Å²) in [6.45, 7) is 4.21. The van der Waals surface area contributed by atoms with E-state index in [1.165, 1.54) is 6.07 Å². The summed E-state index contributed by atoms with van der Waals surface area (Å²) in [5.41, 5.74) is -0.317. The Labute approximate surface area is 114 Å². The summed E-state index contributed by atoms with van der Waals surface area (Å²) in [5.74, 6) is -2.05. The summed E-state index contributed by atoms with van der Waals surface area (Å²) in [7, 11) is 0. The van der Waals surface area contributed by atoms with E-state index in [9.17, 15) is 13.2 Å². The Morgan fingerprint density at radius 2 is 1.75 bits per heavy atom. The van der Waals surface area contributed by atoms with Gasteiger partial charge in [-0.1, -0.05) is 0 Å². The quantitative estimate of drug-likeness (QED) is 0.844. The van der Waals surface area contributed by atoms with Crippen LogP contribution in [0, 0.1) is 24.4 Å². The second-order valence-electron chi connectivity index (χ2n) is 4.09. The molecule has 0 bridgehead atoms. The lowest BCUT2D eigenvalue weighted by molar-refractivity contribution is 0.498. The molecule has 0 aliphatic carbocycles. The molecule has 7 heteroatoms. The second-order valence-corrected chi connectivity index (χ2v) is 4.09. The third-order valence-electron chi connectivity index (χ3n) is 2.45. The summed E-state index contributed by atoms with van der Waals surface area (Å²) >= 11 is 0. The van der Waals surface area contributed by atoms with Crippen LogP contribution in [0.1, 0.15) is 12.7 Å². The minimum atomic E-state index is -1.26. The van der Waals surface area contributed by atoms with Gasteiger partial charge in [0.1, 0.15) is 23.3 Å². The molecule has 1 aromatic carbocycles. The fourth-order valence-corrected chi connectivity index (χ4v) is 1.69. The summed E-state index contributed by atoms with van der Waals surface area (Å²) in [5, 5.41) is 5.53. The van der Waals surface area contributed by atoms with Crippen molar-refractivity contribution in [1.29, 1.82) is 0 Å². The SMILES string of the molecule is CCNc1cc(Nc2cc(F)cc(F)c2F)nc(C)n1. The van der Waals surface area contributed by atoms with E-state index in [2.05, 4.69) is 20.6 Å². The van der Waals surface area contributed by atoms with Gasteiger partial charge in [-0.2, -0.15) is 0 Å². The number of hydrogen-bond donors (Lipinski definition) is 2. The molecule has 1 heterocycles. The van der Waals surface area contributed by atoms with Crippen molar-refractivity contribution < 1.29 is 13.2 Å². The largest absolute Gasteiger partial charge is 0.370 e. The Kier molecular flexibility index (Phi) is 4.07. The van der Waals surface area contributed by atoms with Crippen LogP contribution in [0.25, 0.3) is 0 Å². The molecule has 0 atom stereocenters. The predicted molar refractivity (Wildman–Crippen MR) is 70.5 cm³/mol. The van der Waals surface area contributed by atoms with Crippen LogP contribution in [0.15, 0.2) is 18.2 Å². The van der Waals surface area contributed by atoms with Crippen molar-refractivity contribution in [2.24, 2.45) is 0 Å². The molecule has 0 unspecified atom stereocenters. The maximum Gasteiger partial charge on any atom is 0.182 e. The van der Waals surface area contributed by atoms with Crippen LogP contribution in [-0.2, 0) is 0 Å². The molecule has 0 spiro atoms. The van der Waals surface area contributed by atoms with Crippen molar-refractivity contribution in [3.63, 3.8) is 0 Å². The van der Waals surface area contributed by atoms with Crippen LogP contribution in [0.4, 0.5) is 30.5 Å². The van der Waals surface area contributed by atoms with Crippen LogP contribution in [-0.4, -0.2) is 16.5 Å². The van der Waals surface area contributed by atoms with Gasteiger partial charge >= 0.3 is 0 Å². The Bertz CT molecular complexity index is 631. The molecule has 0 radical (unpaired) electrons. The molecular formula is C13H13F3N4. The molecule has 1 aromatic heterocycles. The monoisotopic (exact) mass is 282 g/mol. The molecule has 20 heavy (non-hydrogen) atoms. The molecule has 2 rings (SSSR count). The van der Waals surface area contributed by atoms with Gasteiger partial charge in [-0.15, -0.1) is 0 Å². The Balaban J connectivity index is 2.34. The predicted octanol–water partition coefficient (Wildman–Crippen LogP) is 3.38. The number of aromatic nitrogens is 2. The van der Waals surface area contributed by atoms with Crippen LogP contribution in [0.3, 0.4) is 0 Å². The van der Waals surface area contributed by atoms with Crippen molar-refractivity contribution >= 4 is 17.3 Å². The van der Waals surface area contributed by atoms with Crippen molar-refractivity contribution in [1.82, 2.24) is 9.97 Å². The highest BCUT2D eigenvalue weighted by atomic mass is 19.2. The van der Waals surface area contributed by atoms with Gasteiger partial charge in [0.05, 0.1) is 5.69 Å². The third kappa shape index (κ3) is 3.17. The Morgan fingerprint density at radius 3 is 2.45 bits per heavy atom. The van der Waals surface area contributed by atoms with Gasteiger partial charge in [-0.3, -0.25) is 0 Å². The summed E-state index contributed by atoms with van der Waals surface area (Å²) in [4.78, 5) is 8.16. The van der Waals surface area contributed by atoms with Crippen LogP contribution in [0.2, 0.25) is 0 Å². The lowest BCUT2D eigenvalue weighted by atomic mass is 10.2. The zero-order valence-electron chi connectivity index (χ0n) is 11.0. The van der Waals surface area contributed by atoms with E-state index in [0.29, 0.717) is 24.3 Å². The molecule has 0 amide bonds. The first-order valence-electron chi connectivity index (χ1n) is 6.00. The lowest BCUT2D eigenvalue weighted by Gasteiger charge is -2.10. The van der Waals surface area contributed by atoms with Gasteiger partial charge < -0.3 is 10.6 Å². The molecule has 2 aromatic rings. The number of rotatable bonds is 4. The Hall–Kier alpha value is -2.31. The molecule has 106 valence electrons. The van der Waals surface area contributed by atoms with Crippen LogP contribution in [0.5, 0.6) is 0 Å². The minimum Gasteiger partial charge on any atom is -0.370 e. The van der Waals surface area contributed by atoms with E-state index in [1.807, 2.05) is 6.92 Å². The summed E-state index contributed by atoms with van der Waals surface area (Å²) in [6, 6.07) is 2.87. The van der Waals surface area contributed by atoms with Gasteiger partial charge in [0.25, 0.3) is 0 Å². The minimum absolute atomic E-state index is 0.248. The molecule has 2 N–H and O–H groups in total. The van der Waals surface area contributed by atoms with E-state index < -0.39 is 17.5 Å².